The van der Waals surface area contributed by atoms with Crippen LogP contribution in [0.2, 0.25) is 0 Å². The van der Waals surface area contributed by atoms with Gasteiger partial charge in [-0.15, -0.1) is 0 Å². The number of aromatic nitrogens is 1. The molecule has 0 bridgehead atoms. The highest BCUT2D eigenvalue weighted by molar-refractivity contribution is 5.74. The Morgan fingerprint density at radius 2 is 2.00 bits per heavy atom. The minimum atomic E-state index is 0.0442. The van der Waals surface area contributed by atoms with Crippen LogP contribution in [0.1, 0.15) is 63.7 Å². The summed E-state index contributed by atoms with van der Waals surface area (Å²) in [5.74, 6) is 1.76. The van der Waals surface area contributed by atoms with Crippen molar-refractivity contribution in [3.63, 3.8) is 0 Å². The topological polar surface area (TPSA) is 67.6 Å². The van der Waals surface area contributed by atoms with Crippen molar-refractivity contribution < 1.29 is 13.9 Å². The van der Waals surface area contributed by atoms with Crippen LogP contribution in [0.15, 0.2) is 28.7 Å². The van der Waals surface area contributed by atoms with Crippen molar-refractivity contribution in [3.8, 4) is 0 Å². The summed E-state index contributed by atoms with van der Waals surface area (Å²) in [7, 11) is 0. The molecule has 1 aliphatic heterocycles. The monoisotopic (exact) mass is 399 g/mol. The van der Waals surface area contributed by atoms with Crippen LogP contribution in [0.3, 0.4) is 0 Å². The van der Waals surface area contributed by atoms with Crippen molar-refractivity contribution in [2.24, 2.45) is 5.92 Å². The van der Waals surface area contributed by atoms with Gasteiger partial charge in [-0.05, 0) is 57.1 Å². The minimum Gasteiger partial charge on any atom is -0.440 e. The fourth-order valence-electron chi connectivity index (χ4n) is 4.83. The molecule has 1 unspecified atom stereocenters. The van der Waals surface area contributed by atoms with E-state index in [0.717, 1.165) is 55.9 Å². The number of ether oxygens (including phenoxy) is 1. The molecule has 2 fully saturated rings. The number of likely N-dealkylation sites (tertiary alicyclic amines) is 1. The number of para-hydroxylation sites is 2. The van der Waals surface area contributed by atoms with Gasteiger partial charge in [0.1, 0.15) is 5.52 Å². The van der Waals surface area contributed by atoms with Crippen LogP contribution in [0.4, 0.5) is 4.79 Å². The van der Waals surface area contributed by atoms with Crippen molar-refractivity contribution in [1.29, 1.82) is 0 Å². The highest BCUT2D eigenvalue weighted by Crippen LogP contribution is 2.31. The van der Waals surface area contributed by atoms with Gasteiger partial charge in [0, 0.05) is 32.2 Å². The van der Waals surface area contributed by atoms with Crippen LogP contribution in [0.5, 0.6) is 0 Å². The van der Waals surface area contributed by atoms with Crippen molar-refractivity contribution >= 4 is 17.1 Å². The summed E-state index contributed by atoms with van der Waals surface area (Å²) < 4.78 is 11.9. The molecule has 1 atom stereocenters. The zero-order chi connectivity index (χ0) is 20.1. The molecule has 6 nitrogen and oxygen atoms in total. The number of amides is 2. The second kappa shape index (κ2) is 9.61. The van der Waals surface area contributed by atoms with Crippen molar-refractivity contribution in [2.75, 3.05) is 26.2 Å². The fraction of sp³-hybridized carbons (Fsp3) is 0.652. The lowest BCUT2D eigenvalue weighted by Crippen LogP contribution is -2.45. The Morgan fingerprint density at radius 3 is 2.72 bits per heavy atom. The summed E-state index contributed by atoms with van der Waals surface area (Å²) in [6.07, 6.45) is 8.14. The lowest BCUT2D eigenvalue weighted by Gasteiger charge is -2.31. The summed E-state index contributed by atoms with van der Waals surface area (Å²) in [6.45, 7) is 4.98. The van der Waals surface area contributed by atoms with E-state index < -0.39 is 0 Å². The number of carbonyl (C=O) groups is 1. The highest BCUT2D eigenvalue weighted by Gasteiger charge is 2.28. The first-order chi connectivity index (χ1) is 14.2. The Hall–Kier alpha value is -2.08. The zero-order valence-corrected chi connectivity index (χ0v) is 17.4. The van der Waals surface area contributed by atoms with Gasteiger partial charge in [-0.1, -0.05) is 25.0 Å². The molecule has 2 aromatic rings. The number of carbonyl (C=O) groups excluding carboxylic acids is 1. The smallest absolute Gasteiger partial charge is 0.317 e. The Balaban J connectivity index is 1.22. The lowest BCUT2D eigenvalue weighted by atomic mass is 9.97. The van der Waals surface area contributed by atoms with Gasteiger partial charge in [-0.2, -0.15) is 0 Å². The number of nitrogens with one attached hydrogen (secondary N) is 1. The molecule has 1 saturated heterocycles. The molecular weight excluding hydrogens is 366 g/mol. The normalized spacial score (nSPS) is 19.7. The van der Waals surface area contributed by atoms with Crippen molar-refractivity contribution in [3.05, 3.63) is 30.2 Å². The minimum absolute atomic E-state index is 0.0442. The maximum Gasteiger partial charge on any atom is 0.317 e. The third kappa shape index (κ3) is 4.92. The van der Waals surface area contributed by atoms with E-state index in [1.54, 1.807) is 0 Å². The van der Waals surface area contributed by atoms with Crippen molar-refractivity contribution in [1.82, 2.24) is 15.2 Å². The van der Waals surface area contributed by atoms with Gasteiger partial charge >= 0.3 is 6.03 Å². The maximum absolute atomic E-state index is 12.6. The summed E-state index contributed by atoms with van der Waals surface area (Å²) in [4.78, 5) is 19.1. The second-order valence-corrected chi connectivity index (χ2v) is 8.34. The first kappa shape index (κ1) is 20.2. The fourth-order valence-corrected chi connectivity index (χ4v) is 4.83. The quantitative estimate of drug-likeness (QED) is 0.733. The molecule has 1 aromatic carbocycles. The molecule has 0 spiro atoms. The zero-order valence-electron chi connectivity index (χ0n) is 17.4. The van der Waals surface area contributed by atoms with E-state index in [4.69, 9.17) is 9.15 Å². The van der Waals surface area contributed by atoms with Gasteiger partial charge in [-0.25, -0.2) is 9.78 Å². The van der Waals surface area contributed by atoms with Gasteiger partial charge in [0.25, 0.3) is 0 Å². The molecule has 158 valence electrons. The molecule has 29 heavy (non-hydrogen) atoms. The average molecular weight is 400 g/mol. The Labute approximate surface area is 173 Å². The predicted octanol–water partition coefficient (Wildman–Crippen LogP) is 4.70. The Kier molecular flexibility index (Phi) is 6.70. The molecule has 1 saturated carbocycles. The van der Waals surface area contributed by atoms with Crippen LogP contribution in [0.25, 0.3) is 11.1 Å². The number of hydrogen-bond donors (Lipinski definition) is 1. The summed E-state index contributed by atoms with van der Waals surface area (Å²) in [5, 5.41) is 3.11. The van der Waals surface area contributed by atoms with E-state index in [9.17, 15) is 4.79 Å². The van der Waals surface area contributed by atoms with Gasteiger partial charge in [0.2, 0.25) is 0 Å². The number of hydrogen-bond acceptors (Lipinski definition) is 4. The molecule has 1 aromatic heterocycles. The van der Waals surface area contributed by atoms with E-state index in [1.807, 2.05) is 29.2 Å². The SMILES string of the molecule is CCOC(CCNC(=O)N1CCC(c2nc3ccccc3o2)CC1)C1CCCC1. The van der Waals surface area contributed by atoms with Gasteiger partial charge < -0.3 is 19.4 Å². The highest BCUT2D eigenvalue weighted by atomic mass is 16.5. The molecule has 6 heteroatoms. The summed E-state index contributed by atoms with van der Waals surface area (Å²) in [6, 6.07) is 7.92. The van der Waals surface area contributed by atoms with E-state index in [2.05, 4.69) is 17.2 Å². The third-order valence-corrected chi connectivity index (χ3v) is 6.45. The molecule has 2 amide bonds. The molecule has 0 radical (unpaired) electrons. The average Bonchev–Trinajstić information content (AvgIpc) is 3.43. The Morgan fingerprint density at radius 1 is 1.24 bits per heavy atom. The van der Waals surface area contributed by atoms with Crippen LogP contribution in [-0.4, -0.2) is 48.3 Å². The molecule has 2 aliphatic rings. The predicted molar refractivity (Wildman–Crippen MR) is 113 cm³/mol. The molecule has 1 aliphatic carbocycles. The van der Waals surface area contributed by atoms with Gasteiger partial charge in [0.05, 0.1) is 6.10 Å². The van der Waals surface area contributed by atoms with Gasteiger partial charge in [0.15, 0.2) is 11.5 Å². The largest absolute Gasteiger partial charge is 0.440 e. The maximum atomic E-state index is 12.6. The number of urea groups is 1. The lowest BCUT2D eigenvalue weighted by molar-refractivity contribution is 0.0165. The van der Waals surface area contributed by atoms with E-state index in [0.29, 0.717) is 12.5 Å². The molecule has 2 heterocycles. The number of piperidine rings is 1. The first-order valence-electron chi connectivity index (χ1n) is 11.2. The summed E-state index contributed by atoms with van der Waals surface area (Å²) in [5.41, 5.74) is 1.75. The number of nitrogens with zero attached hydrogens (tertiary/aromatic N) is 2. The van der Waals surface area contributed by atoms with Gasteiger partial charge in [-0.3, -0.25) is 0 Å². The van der Waals surface area contributed by atoms with Crippen LogP contribution in [-0.2, 0) is 4.74 Å². The molecular formula is C23H33N3O3. The van der Waals surface area contributed by atoms with E-state index in [-0.39, 0.29) is 18.1 Å². The third-order valence-electron chi connectivity index (χ3n) is 6.45. The van der Waals surface area contributed by atoms with Crippen LogP contribution >= 0.6 is 0 Å². The van der Waals surface area contributed by atoms with E-state index >= 15 is 0 Å². The second-order valence-electron chi connectivity index (χ2n) is 8.34. The van der Waals surface area contributed by atoms with Crippen LogP contribution in [0, 0.1) is 5.92 Å². The standard InChI is InChI=1S/C23H33N3O3/c1-2-28-20(17-7-3-4-8-17)11-14-24-23(27)26-15-12-18(13-16-26)22-25-19-9-5-6-10-21(19)29-22/h5-6,9-10,17-18,20H,2-4,7-8,11-16H2,1H3,(H,24,27). The first-order valence-corrected chi connectivity index (χ1v) is 11.2. The number of oxazole rings is 1. The van der Waals surface area contributed by atoms with Crippen LogP contribution < -0.4 is 5.32 Å². The van der Waals surface area contributed by atoms with Crippen molar-refractivity contribution in [2.45, 2.75) is 63.9 Å². The number of fused-ring (bicyclic) bond motifs is 1. The van der Waals surface area contributed by atoms with E-state index in [1.165, 1.54) is 25.7 Å². The molecule has 4 rings (SSSR count). The number of rotatable bonds is 7. The number of benzene rings is 1. The molecule has 1 N–H and O–H groups in total. The summed E-state index contributed by atoms with van der Waals surface area (Å²) >= 11 is 0. The Bertz CT molecular complexity index is 759.